The van der Waals surface area contributed by atoms with Crippen molar-refractivity contribution in [2.24, 2.45) is 5.92 Å². The minimum absolute atomic E-state index is 0.0213. The lowest BCUT2D eigenvalue weighted by atomic mass is 9.86. The molecule has 1 aromatic rings. The zero-order valence-electron chi connectivity index (χ0n) is 12.2. The van der Waals surface area contributed by atoms with Crippen molar-refractivity contribution in [1.29, 1.82) is 0 Å². The molecule has 22 heavy (non-hydrogen) atoms. The van der Waals surface area contributed by atoms with Gasteiger partial charge in [-0.25, -0.2) is 8.42 Å². The Morgan fingerprint density at radius 2 is 1.77 bits per heavy atom. The van der Waals surface area contributed by atoms with Crippen LogP contribution in [-0.4, -0.2) is 37.8 Å². The summed E-state index contributed by atoms with van der Waals surface area (Å²) < 4.78 is 24.3. The number of benzene rings is 1. The van der Waals surface area contributed by atoms with Gasteiger partial charge in [0.1, 0.15) is 0 Å². The number of carbonyl (C=O) groups is 1. The molecule has 0 saturated heterocycles. The van der Waals surface area contributed by atoms with Gasteiger partial charge in [0, 0.05) is 17.6 Å². The maximum atomic E-state index is 12.2. The van der Waals surface area contributed by atoms with E-state index in [0.29, 0.717) is 24.4 Å². The van der Waals surface area contributed by atoms with Gasteiger partial charge in [-0.15, -0.1) is 0 Å². The number of carboxylic acid groups (broad SMARTS) is 1. The van der Waals surface area contributed by atoms with Crippen LogP contribution in [-0.2, 0) is 14.6 Å². The summed E-state index contributed by atoms with van der Waals surface area (Å²) in [6, 6.07) is 6.35. The molecule has 5 nitrogen and oxygen atoms in total. The molecule has 1 aromatic carbocycles. The van der Waals surface area contributed by atoms with Gasteiger partial charge >= 0.3 is 5.97 Å². The van der Waals surface area contributed by atoms with Crippen LogP contribution >= 0.6 is 11.6 Å². The average molecular weight is 346 g/mol. The number of nitrogens with one attached hydrogen (secondary N) is 1. The summed E-state index contributed by atoms with van der Waals surface area (Å²) in [6.07, 6.45) is 2.85. The highest BCUT2D eigenvalue weighted by Crippen LogP contribution is 2.24. The Labute approximate surface area is 135 Å². The lowest BCUT2D eigenvalue weighted by Gasteiger charge is -2.26. The predicted molar refractivity (Wildman–Crippen MR) is 84.9 cm³/mol. The first-order valence-electron chi connectivity index (χ1n) is 7.33. The minimum Gasteiger partial charge on any atom is -0.481 e. The van der Waals surface area contributed by atoms with Crippen LogP contribution in [0.2, 0.25) is 5.02 Å². The van der Waals surface area contributed by atoms with Crippen LogP contribution in [0.4, 0.5) is 0 Å². The van der Waals surface area contributed by atoms with Crippen molar-refractivity contribution in [3.63, 3.8) is 0 Å². The molecule has 0 radical (unpaired) electrons. The highest BCUT2D eigenvalue weighted by Gasteiger charge is 2.25. The van der Waals surface area contributed by atoms with Gasteiger partial charge in [0.2, 0.25) is 0 Å². The molecule has 0 spiro atoms. The average Bonchev–Trinajstić information content (AvgIpc) is 2.48. The van der Waals surface area contributed by atoms with Gasteiger partial charge in [0.25, 0.3) is 0 Å². The summed E-state index contributed by atoms with van der Waals surface area (Å²) in [5, 5.41) is 12.7. The molecule has 122 valence electrons. The Bertz CT molecular complexity index is 607. The highest BCUT2D eigenvalue weighted by molar-refractivity contribution is 7.91. The van der Waals surface area contributed by atoms with Crippen LogP contribution < -0.4 is 5.32 Å². The van der Waals surface area contributed by atoms with E-state index in [4.69, 9.17) is 16.7 Å². The first-order chi connectivity index (χ1) is 10.4. The largest absolute Gasteiger partial charge is 0.481 e. The third-order valence-corrected chi connectivity index (χ3v) is 6.04. The summed E-state index contributed by atoms with van der Waals surface area (Å²) in [5.41, 5.74) is 0. The van der Waals surface area contributed by atoms with Crippen LogP contribution in [0.5, 0.6) is 0 Å². The van der Waals surface area contributed by atoms with E-state index >= 15 is 0 Å². The van der Waals surface area contributed by atoms with Gasteiger partial charge < -0.3 is 10.4 Å². The SMILES string of the molecule is O=C(O)C1CCC(NCCS(=O)(=O)c2ccc(Cl)cc2)CC1. The highest BCUT2D eigenvalue weighted by atomic mass is 35.5. The number of sulfone groups is 1. The lowest BCUT2D eigenvalue weighted by Crippen LogP contribution is -2.37. The third-order valence-electron chi connectivity index (χ3n) is 4.05. The molecule has 0 aromatic heterocycles. The van der Waals surface area contributed by atoms with Crippen molar-refractivity contribution in [2.45, 2.75) is 36.6 Å². The summed E-state index contributed by atoms with van der Waals surface area (Å²) in [4.78, 5) is 11.1. The zero-order chi connectivity index (χ0) is 16.2. The van der Waals surface area contributed by atoms with Crippen LogP contribution in [0.3, 0.4) is 0 Å². The monoisotopic (exact) mass is 345 g/mol. The summed E-state index contributed by atoms with van der Waals surface area (Å²) >= 11 is 5.75. The topological polar surface area (TPSA) is 83.5 Å². The Morgan fingerprint density at radius 3 is 2.32 bits per heavy atom. The van der Waals surface area contributed by atoms with Gasteiger partial charge in [0.15, 0.2) is 9.84 Å². The molecular weight excluding hydrogens is 326 g/mol. The van der Waals surface area contributed by atoms with Gasteiger partial charge in [-0.1, -0.05) is 11.6 Å². The molecule has 1 aliphatic carbocycles. The summed E-state index contributed by atoms with van der Waals surface area (Å²) in [6.45, 7) is 0.368. The van der Waals surface area contributed by atoms with Crippen molar-refractivity contribution >= 4 is 27.4 Å². The fourth-order valence-corrected chi connectivity index (χ4v) is 4.00. The first kappa shape index (κ1) is 17.2. The molecule has 1 aliphatic rings. The quantitative estimate of drug-likeness (QED) is 0.826. The molecule has 0 bridgehead atoms. The second-order valence-corrected chi connectivity index (χ2v) is 8.16. The summed E-state index contributed by atoms with van der Waals surface area (Å²) in [5.74, 6) is -0.965. The molecule has 7 heteroatoms. The van der Waals surface area contributed by atoms with Gasteiger partial charge in [-0.05, 0) is 49.9 Å². The van der Waals surface area contributed by atoms with E-state index in [1.54, 1.807) is 12.1 Å². The van der Waals surface area contributed by atoms with Crippen molar-refractivity contribution in [2.75, 3.05) is 12.3 Å². The number of aliphatic carboxylic acids is 1. The van der Waals surface area contributed by atoms with E-state index < -0.39 is 15.8 Å². The van der Waals surface area contributed by atoms with E-state index in [9.17, 15) is 13.2 Å². The Balaban J connectivity index is 1.79. The molecule has 1 fully saturated rings. The Kier molecular flexibility index (Phi) is 5.83. The molecule has 2 N–H and O–H groups in total. The van der Waals surface area contributed by atoms with Crippen LogP contribution in [0.15, 0.2) is 29.2 Å². The van der Waals surface area contributed by atoms with E-state index in [1.807, 2.05) is 0 Å². The van der Waals surface area contributed by atoms with Crippen LogP contribution in [0.1, 0.15) is 25.7 Å². The molecule has 0 amide bonds. The van der Waals surface area contributed by atoms with Crippen LogP contribution in [0.25, 0.3) is 0 Å². The smallest absolute Gasteiger partial charge is 0.306 e. The summed E-state index contributed by atoms with van der Waals surface area (Å²) in [7, 11) is -3.32. The third kappa shape index (κ3) is 4.69. The fourth-order valence-electron chi connectivity index (χ4n) is 2.70. The molecule has 0 unspecified atom stereocenters. The predicted octanol–water partition coefficient (Wildman–Crippen LogP) is 2.35. The van der Waals surface area contributed by atoms with Gasteiger partial charge in [0.05, 0.1) is 16.6 Å². The molecule has 2 rings (SSSR count). The van der Waals surface area contributed by atoms with E-state index in [2.05, 4.69) is 5.32 Å². The Morgan fingerprint density at radius 1 is 1.18 bits per heavy atom. The standard InChI is InChI=1S/C15H20ClNO4S/c16-12-3-7-14(8-4-12)22(20,21)10-9-17-13-5-1-11(2-6-13)15(18)19/h3-4,7-8,11,13,17H,1-2,5-6,9-10H2,(H,18,19). The minimum atomic E-state index is -3.32. The molecule has 0 heterocycles. The van der Waals surface area contributed by atoms with E-state index in [1.165, 1.54) is 12.1 Å². The maximum absolute atomic E-state index is 12.2. The second kappa shape index (κ2) is 7.44. The number of halogens is 1. The lowest BCUT2D eigenvalue weighted by molar-refractivity contribution is -0.142. The second-order valence-electron chi connectivity index (χ2n) is 5.61. The van der Waals surface area contributed by atoms with E-state index in [-0.39, 0.29) is 22.6 Å². The number of hydrogen-bond donors (Lipinski definition) is 2. The molecule has 0 aliphatic heterocycles. The number of hydrogen-bond acceptors (Lipinski definition) is 4. The van der Waals surface area contributed by atoms with E-state index in [0.717, 1.165) is 12.8 Å². The first-order valence-corrected chi connectivity index (χ1v) is 9.36. The van der Waals surface area contributed by atoms with Crippen molar-refractivity contribution < 1.29 is 18.3 Å². The maximum Gasteiger partial charge on any atom is 0.306 e. The zero-order valence-corrected chi connectivity index (χ0v) is 13.7. The normalized spacial score (nSPS) is 22.4. The molecule has 0 atom stereocenters. The van der Waals surface area contributed by atoms with Crippen molar-refractivity contribution in [3.8, 4) is 0 Å². The number of carboxylic acids is 1. The number of rotatable bonds is 6. The fraction of sp³-hybridized carbons (Fsp3) is 0.533. The Hall–Kier alpha value is -1.11. The van der Waals surface area contributed by atoms with Gasteiger partial charge in [-0.2, -0.15) is 0 Å². The molecule has 1 saturated carbocycles. The van der Waals surface area contributed by atoms with Gasteiger partial charge in [-0.3, -0.25) is 4.79 Å². The van der Waals surface area contributed by atoms with Crippen LogP contribution in [0, 0.1) is 5.92 Å². The van der Waals surface area contributed by atoms with Crippen molar-refractivity contribution in [1.82, 2.24) is 5.32 Å². The van der Waals surface area contributed by atoms with Crippen molar-refractivity contribution in [3.05, 3.63) is 29.3 Å². The molecular formula is C15H20ClNO4S.